The molecule has 0 heterocycles. The maximum absolute atomic E-state index is 12.2. The third kappa shape index (κ3) is 4.57. The first-order chi connectivity index (χ1) is 9.73. The number of nitro groups is 1. The van der Waals surface area contributed by atoms with Crippen molar-refractivity contribution in [1.82, 2.24) is 9.80 Å². The number of benzene rings is 1. The zero-order valence-electron chi connectivity index (χ0n) is 12.3. The van der Waals surface area contributed by atoms with Crippen molar-refractivity contribution in [2.24, 2.45) is 0 Å². The van der Waals surface area contributed by atoms with Crippen LogP contribution in [0.15, 0.2) is 12.1 Å². The maximum atomic E-state index is 12.2. The van der Waals surface area contributed by atoms with Gasteiger partial charge >= 0.3 is 0 Å². The number of carbonyl (C=O) groups excluding carboxylic acids is 1. The van der Waals surface area contributed by atoms with Gasteiger partial charge in [-0.2, -0.15) is 0 Å². The van der Waals surface area contributed by atoms with Crippen molar-refractivity contribution in [1.29, 1.82) is 0 Å². The molecule has 0 saturated heterocycles. The van der Waals surface area contributed by atoms with E-state index in [1.807, 2.05) is 19.0 Å². The number of nitrogens with two attached hydrogens (primary N) is 1. The van der Waals surface area contributed by atoms with Crippen LogP contribution in [0.1, 0.15) is 16.8 Å². The Bertz CT molecular complexity index is 548. The van der Waals surface area contributed by atoms with Gasteiger partial charge in [0.15, 0.2) is 0 Å². The van der Waals surface area contributed by atoms with Crippen molar-refractivity contribution in [3.63, 3.8) is 0 Å². The molecule has 21 heavy (non-hydrogen) atoms. The SMILES string of the molecule is CN(C)CCCN(C)C(=O)c1cc(Cl)c(N)c([N+](=O)[O-])c1. The minimum absolute atomic E-state index is 0.00856. The zero-order valence-corrected chi connectivity index (χ0v) is 13.1. The van der Waals surface area contributed by atoms with Gasteiger partial charge in [-0.05, 0) is 33.1 Å². The lowest BCUT2D eigenvalue weighted by Crippen LogP contribution is -2.29. The van der Waals surface area contributed by atoms with Gasteiger partial charge in [-0.1, -0.05) is 11.6 Å². The second kappa shape index (κ2) is 7.24. The van der Waals surface area contributed by atoms with Crippen LogP contribution in [0.25, 0.3) is 0 Å². The summed E-state index contributed by atoms with van der Waals surface area (Å²) in [5, 5.41) is 10.9. The Hall–Kier alpha value is -1.86. The minimum atomic E-state index is -0.649. The van der Waals surface area contributed by atoms with Crippen LogP contribution >= 0.6 is 11.6 Å². The van der Waals surface area contributed by atoms with E-state index >= 15 is 0 Å². The second-order valence-electron chi connectivity index (χ2n) is 5.03. The fourth-order valence-corrected chi connectivity index (χ4v) is 2.04. The molecule has 0 atom stereocenters. The van der Waals surface area contributed by atoms with E-state index in [2.05, 4.69) is 0 Å². The summed E-state index contributed by atoms with van der Waals surface area (Å²) < 4.78 is 0. The van der Waals surface area contributed by atoms with E-state index in [-0.39, 0.29) is 27.9 Å². The first-order valence-electron chi connectivity index (χ1n) is 6.37. The van der Waals surface area contributed by atoms with E-state index in [0.29, 0.717) is 6.54 Å². The lowest BCUT2D eigenvalue weighted by molar-refractivity contribution is -0.383. The molecule has 0 radical (unpaired) electrons. The fraction of sp³-hybridized carbons (Fsp3) is 0.462. The molecule has 0 aromatic heterocycles. The zero-order chi connectivity index (χ0) is 16.2. The highest BCUT2D eigenvalue weighted by Crippen LogP contribution is 2.31. The molecule has 8 heteroatoms. The number of nitrogen functional groups attached to an aromatic ring is 1. The van der Waals surface area contributed by atoms with Gasteiger partial charge in [0.05, 0.1) is 9.95 Å². The van der Waals surface area contributed by atoms with Crippen molar-refractivity contribution in [3.05, 3.63) is 32.8 Å². The van der Waals surface area contributed by atoms with E-state index in [1.165, 1.54) is 11.0 Å². The second-order valence-corrected chi connectivity index (χ2v) is 5.44. The maximum Gasteiger partial charge on any atom is 0.294 e. The van der Waals surface area contributed by atoms with Crippen molar-refractivity contribution in [2.75, 3.05) is 40.0 Å². The number of nitrogens with zero attached hydrogens (tertiary/aromatic N) is 3. The van der Waals surface area contributed by atoms with Gasteiger partial charge in [0.2, 0.25) is 0 Å². The summed E-state index contributed by atoms with van der Waals surface area (Å²) in [7, 11) is 5.55. The van der Waals surface area contributed by atoms with E-state index in [4.69, 9.17) is 17.3 Å². The lowest BCUT2D eigenvalue weighted by atomic mass is 10.1. The van der Waals surface area contributed by atoms with Crippen LogP contribution in [0.2, 0.25) is 5.02 Å². The molecular formula is C13H19ClN4O3. The average molecular weight is 315 g/mol. The van der Waals surface area contributed by atoms with Crippen LogP contribution in [0.4, 0.5) is 11.4 Å². The third-order valence-corrected chi connectivity index (χ3v) is 3.31. The van der Waals surface area contributed by atoms with Gasteiger partial charge < -0.3 is 15.5 Å². The monoisotopic (exact) mass is 314 g/mol. The van der Waals surface area contributed by atoms with E-state index in [0.717, 1.165) is 19.0 Å². The van der Waals surface area contributed by atoms with E-state index < -0.39 is 4.92 Å². The first-order valence-corrected chi connectivity index (χ1v) is 6.75. The van der Waals surface area contributed by atoms with Gasteiger partial charge in [0.25, 0.3) is 11.6 Å². The van der Waals surface area contributed by atoms with Gasteiger partial charge in [0, 0.05) is 25.2 Å². The summed E-state index contributed by atoms with van der Waals surface area (Å²) in [5.41, 5.74) is 5.21. The number of rotatable bonds is 6. The molecule has 2 N–H and O–H groups in total. The van der Waals surface area contributed by atoms with Gasteiger partial charge in [-0.15, -0.1) is 0 Å². The quantitative estimate of drug-likeness (QED) is 0.491. The van der Waals surface area contributed by atoms with Crippen molar-refractivity contribution in [2.45, 2.75) is 6.42 Å². The first kappa shape index (κ1) is 17.2. The van der Waals surface area contributed by atoms with Gasteiger partial charge in [-0.25, -0.2) is 0 Å². The molecule has 116 valence electrons. The smallest absolute Gasteiger partial charge is 0.294 e. The van der Waals surface area contributed by atoms with Gasteiger partial charge in [0.1, 0.15) is 5.69 Å². The van der Waals surface area contributed by atoms with Crippen LogP contribution < -0.4 is 5.73 Å². The number of hydrogen-bond donors (Lipinski definition) is 1. The van der Waals surface area contributed by atoms with Crippen LogP contribution in [0.3, 0.4) is 0 Å². The molecule has 0 unspecified atom stereocenters. The Kier molecular flexibility index (Phi) is 5.92. The van der Waals surface area contributed by atoms with Gasteiger partial charge in [-0.3, -0.25) is 14.9 Å². The number of hydrogen-bond acceptors (Lipinski definition) is 5. The molecule has 0 aliphatic carbocycles. The largest absolute Gasteiger partial charge is 0.392 e. The molecular weight excluding hydrogens is 296 g/mol. The predicted molar refractivity (Wildman–Crippen MR) is 82.7 cm³/mol. The molecule has 1 amide bonds. The highest BCUT2D eigenvalue weighted by Gasteiger charge is 2.21. The molecule has 0 bridgehead atoms. The van der Waals surface area contributed by atoms with Crippen molar-refractivity contribution >= 4 is 28.9 Å². The lowest BCUT2D eigenvalue weighted by Gasteiger charge is -2.19. The summed E-state index contributed by atoms with van der Waals surface area (Å²) >= 11 is 5.85. The summed E-state index contributed by atoms with van der Waals surface area (Å²) in [6.45, 7) is 1.40. The van der Waals surface area contributed by atoms with Crippen molar-refractivity contribution in [3.8, 4) is 0 Å². The van der Waals surface area contributed by atoms with Crippen LogP contribution in [-0.4, -0.2) is 54.9 Å². The molecule has 1 aromatic rings. The van der Waals surface area contributed by atoms with E-state index in [9.17, 15) is 14.9 Å². The summed E-state index contributed by atoms with van der Waals surface area (Å²) in [5.74, 6) is -0.321. The molecule has 7 nitrogen and oxygen atoms in total. The molecule has 1 aromatic carbocycles. The Labute approximate surface area is 128 Å². The highest BCUT2D eigenvalue weighted by atomic mass is 35.5. The molecule has 0 spiro atoms. The third-order valence-electron chi connectivity index (χ3n) is 3.00. The number of amides is 1. The molecule has 0 saturated carbocycles. The summed E-state index contributed by atoms with van der Waals surface area (Å²) in [4.78, 5) is 26.0. The Morgan fingerprint density at radius 2 is 1.95 bits per heavy atom. The van der Waals surface area contributed by atoms with E-state index in [1.54, 1.807) is 7.05 Å². The average Bonchev–Trinajstić information content (AvgIpc) is 2.39. The minimum Gasteiger partial charge on any atom is -0.392 e. The number of carbonyl (C=O) groups is 1. The number of nitro benzene ring substituents is 1. The predicted octanol–water partition coefficient (Wildman–Crippen LogP) is 1.85. The fourth-order valence-electron chi connectivity index (χ4n) is 1.82. The number of halogens is 1. The van der Waals surface area contributed by atoms with Crippen molar-refractivity contribution < 1.29 is 9.72 Å². The molecule has 1 rings (SSSR count). The molecule has 0 aliphatic heterocycles. The Balaban J connectivity index is 2.89. The normalized spacial score (nSPS) is 10.7. The van der Waals surface area contributed by atoms with Crippen LogP contribution in [-0.2, 0) is 0 Å². The van der Waals surface area contributed by atoms with Crippen LogP contribution in [0, 0.1) is 10.1 Å². The summed E-state index contributed by atoms with van der Waals surface area (Å²) in [6.07, 6.45) is 0.806. The van der Waals surface area contributed by atoms with Crippen LogP contribution in [0.5, 0.6) is 0 Å². The molecule has 0 fully saturated rings. The Morgan fingerprint density at radius 3 is 2.48 bits per heavy atom. The highest BCUT2D eigenvalue weighted by molar-refractivity contribution is 6.34. The molecule has 0 aliphatic rings. The number of anilines is 1. The standard InChI is InChI=1S/C13H19ClN4O3/c1-16(2)5-4-6-17(3)13(19)9-7-10(14)12(15)11(8-9)18(20)21/h7-8H,4-6,15H2,1-3H3. The summed E-state index contributed by atoms with van der Waals surface area (Å²) in [6, 6.07) is 2.51. The topological polar surface area (TPSA) is 92.7 Å². The Morgan fingerprint density at radius 1 is 1.33 bits per heavy atom.